The van der Waals surface area contributed by atoms with Crippen LogP contribution in [0.15, 0.2) is 35.5 Å². The highest BCUT2D eigenvalue weighted by molar-refractivity contribution is 5.87. The highest BCUT2D eigenvalue weighted by Gasteiger charge is 2.15. The number of benzene rings is 1. The molecule has 5 heteroatoms. The summed E-state index contributed by atoms with van der Waals surface area (Å²) in [6.07, 6.45) is 2.85. The summed E-state index contributed by atoms with van der Waals surface area (Å²) in [5.41, 5.74) is 6.77. The topological polar surface area (TPSA) is 90.9 Å². The second kappa shape index (κ2) is 9.35. The minimum absolute atomic E-state index is 0.121. The SMILES string of the molecule is N/C(=N/O)C(CNCCCCCO)c1ccccc1. The van der Waals surface area contributed by atoms with Crippen LogP contribution >= 0.6 is 0 Å². The fraction of sp³-hybridized carbons (Fsp3) is 0.500. The number of unbranched alkanes of at least 4 members (excludes halogenated alkanes) is 2. The van der Waals surface area contributed by atoms with Gasteiger partial charge >= 0.3 is 0 Å². The van der Waals surface area contributed by atoms with E-state index in [1.54, 1.807) is 0 Å². The number of amidine groups is 1. The summed E-state index contributed by atoms with van der Waals surface area (Å²) < 4.78 is 0. The summed E-state index contributed by atoms with van der Waals surface area (Å²) in [6.45, 7) is 1.75. The van der Waals surface area contributed by atoms with Crippen LogP contribution in [0.25, 0.3) is 0 Å². The fourth-order valence-electron chi connectivity index (χ4n) is 1.93. The molecule has 0 radical (unpaired) electrons. The average Bonchev–Trinajstić information content (AvgIpc) is 2.47. The van der Waals surface area contributed by atoms with Crippen LogP contribution in [0.2, 0.25) is 0 Å². The maximum absolute atomic E-state index is 8.85. The first-order valence-electron chi connectivity index (χ1n) is 6.63. The molecule has 0 saturated carbocycles. The molecule has 0 aliphatic carbocycles. The molecule has 0 heterocycles. The summed E-state index contributed by atoms with van der Waals surface area (Å²) in [5.74, 6) is 0.0955. The van der Waals surface area contributed by atoms with Gasteiger partial charge in [0.2, 0.25) is 0 Å². The molecular weight excluding hydrogens is 242 g/mol. The third-order valence-corrected chi connectivity index (χ3v) is 3.03. The Bertz CT molecular complexity index is 368. The Hall–Kier alpha value is -1.59. The van der Waals surface area contributed by atoms with Gasteiger partial charge in [-0.15, -0.1) is 0 Å². The van der Waals surface area contributed by atoms with Crippen LogP contribution in [0.3, 0.4) is 0 Å². The van der Waals surface area contributed by atoms with Crippen molar-refractivity contribution < 1.29 is 10.3 Å². The quantitative estimate of drug-likeness (QED) is 0.178. The average molecular weight is 265 g/mol. The molecule has 106 valence electrons. The van der Waals surface area contributed by atoms with Crippen molar-refractivity contribution in [1.29, 1.82) is 0 Å². The van der Waals surface area contributed by atoms with Gasteiger partial charge in [-0.1, -0.05) is 35.5 Å². The molecule has 1 rings (SSSR count). The number of nitrogens with one attached hydrogen (secondary N) is 1. The van der Waals surface area contributed by atoms with E-state index in [0.29, 0.717) is 6.54 Å². The maximum Gasteiger partial charge on any atom is 0.147 e. The van der Waals surface area contributed by atoms with Gasteiger partial charge in [0.15, 0.2) is 0 Å². The normalized spacial score (nSPS) is 13.4. The molecule has 0 fully saturated rings. The van der Waals surface area contributed by atoms with Gasteiger partial charge in [0.25, 0.3) is 0 Å². The van der Waals surface area contributed by atoms with Crippen LogP contribution in [0.5, 0.6) is 0 Å². The van der Waals surface area contributed by atoms with E-state index in [2.05, 4.69) is 10.5 Å². The first-order chi connectivity index (χ1) is 9.29. The fourth-order valence-corrected chi connectivity index (χ4v) is 1.93. The molecular formula is C14H23N3O2. The summed E-state index contributed by atoms with van der Waals surface area (Å²) >= 11 is 0. The first-order valence-corrected chi connectivity index (χ1v) is 6.63. The number of oxime groups is 1. The number of aliphatic hydroxyl groups is 1. The van der Waals surface area contributed by atoms with Crippen LogP contribution in [-0.2, 0) is 0 Å². The summed E-state index contributed by atoms with van der Waals surface area (Å²) in [7, 11) is 0. The molecule has 1 atom stereocenters. The van der Waals surface area contributed by atoms with Crippen molar-refractivity contribution in [2.75, 3.05) is 19.7 Å². The highest BCUT2D eigenvalue weighted by Crippen LogP contribution is 2.14. The molecule has 0 bridgehead atoms. The zero-order valence-electron chi connectivity index (χ0n) is 11.1. The first kappa shape index (κ1) is 15.5. The lowest BCUT2D eigenvalue weighted by Gasteiger charge is -2.16. The Morgan fingerprint density at radius 3 is 2.58 bits per heavy atom. The second-order valence-corrected chi connectivity index (χ2v) is 4.48. The number of nitrogens with two attached hydrogens (primary N) is 1. The smallest absolute Gasteiger partial charge is 0.147 e. The lowest BCUT2D eigenvalue weighted by atomic mass is 9.98. The molecule has 1 aromatic carbocycles. The van der Waals surface area contributed by atoms with Gasteiger partial charge in [0, 0.05) is 13.2 Å². The van der Waals surface area contributed by atoms with Crippen molar-refractivity contribution in [1.82, 2.24) is 5.32 Å². The zero-order valence-corrected chi connectivity index (χ0v) is 11.1. The number of aliphatic hydroxyl groups excluding tert-OH is 1. The lowest BCUT2D eigenvalue weighted by Crippen LogP contribution is -2.32. The molecule has 0 aliphatic rings. The zero-order chi connectivity index (χ0) is 13.9. The Morgan fingerprint density at radius 1 is 1.21 bits per heavy atom. The van der Waals surface area contributed by atoms with Crippen LogP contribution in [0.4, 0.5) is 0 Å². The molecule has 0 saturated heterocycles. The molecule has 5 nitrogen and oxygen atoms in total. The van der Waals surface area contributed by atoms with Crippen molar-refractivity contribution in [2.45, 2.75) is 25.2 Å². The molecule has 1 unspecified atom stereocenters. The van der Waals surface area contributed by atoms with Gasteiger partial charge in [0.05, 0.1) is 5.92 Å². The monoisotopic (exact) mass is 265 g/mol. The van der Waals surface area contributed by atoms with Gasteiger partial charge in [-0.05, 0) is 31.4 Å². The molecule has 0 amide bonds. The van der Waals surface area contributed by atoms with E-state index in [-0.39, 0.29) is 18.4 Å². The van der Waals surface area contributed by atoms with Crippen molar-refractivity contribution in [3.8, 4) is 0 Å². The van der Waals surface area contributed by atoms with Gasteiger partial charge in [-0.25, -0.2) is 0 Å². The van der Waals surface area contributed by atoms with Crippen molar-refractivity contribution >= 4 is 5.84 Å². The minimum Gasteiger partial charge on any atom is -0.409 e. The van der Waals surface area contributed by atoms with Crippen molar-refractivity contribution in [3.63, 3.8) is 0 Å². The Morgan fingerprint density at radius 2 is 1.95 bits per heavy atom. The molecule has 19 heavy (non-hydrogen) atoms. The van der Waals surface area contributed by atoms with Crippen molar-refractivity contribution in [3.05, 3.63) is 35.9 Å². The maximum atomic E-state index is 8.85. The number of rotatable bonds is 9. The Labute approximate surface area is 114 Å². The highest BCUT2D eigenvalue weighted by atomic mass is 16.4. The van der Waals surface area contributed by atoms with E-state index < -0.39 is 0 Å². The summed E-state index contributed by atoms with van der Waals surface area (Å²) in [4.78, 5) is 0. The molecule has 0 aliphatic heterocycles. The van der Waals surface area contributed by atoms with E-state index in [4.69, 9.17) is 16.0 Å². The van der Waals surface area contributed by atoms with Crippen LogP contribution in [0.1, 0.15) is 30.7 Å². The van der Waals surface area contributed by atoms with Gasteiger partial charge < -0.3 is 21.4 Å². The van der Waals surface area contributed by atoms with E-state index in [1.165, 1.54) is 0 Å². The van der Waals surface area contributed by atoms with Crippen molar-refractivity contribution in [2.24, 2.45) is 10.9 Å². The Kier molecular flexibility index (Phi) is 7.62. The van der Waals surface area contributed by atoms with E-state index >= 15 is 0 Å². The summed E-state index contributed by atoms with van der Waals surface area (Å²) in [5, 5.41) is 23.9. The molecule has 5 N–H and O–H groups in total. The number of hydrogen-bond acceptors (Lipinski definition) is 4. The second-order valence-electron chi connectivity index (χ2n) is 4.48. The van der Waals surface area contributed by atoms with E-state index in [1.807, 2.05) is 30.3 Å². The van der Waals surface area contributed by atoms with Gasteiger partial charge in [-0.2, -0.15) is 0 Å². The predicted octanol–water partition coefficient (Wildman–Crippen LogP) is 1.27. The van der Waals surface area contributed by atoms with Gasteiger partial charge in [0.1, 0.15) is 5.84 Å². The number of nitrogens with zero attached hydrogens (tertiary/aromatic N) is 1. The van der Waals surface area contributed by atoms with Crippen LogP contribution in [-0.4, -0.2) is 35.8 Å². The van der Waals surface area contributed by atoms with E-state index in [0.717, 1.165) is 31.4 Å². The molecule has 0 spiro atoms. The van der Waals surface area contributed by atoms with Gasteiger partial charge in [-0.3, -0.25) is 0 Å². The van der Waals surface area contributed by atoms with Crippen LogP contribution in [0, 0.1) is 0 Å². The largest absolute Gasteiger partial charge is 0.409 e. The van der Waals surface area contributed by atoms with E-state index in [9.17, 15) is 0 Å². The Balaban J connectivity index is 2.44. The van der Waals surface area contributed by atoms with Crippen LogP contribution < -0.4 is 11.1 Å². The molecule has 0 aromatic heterocycles. The minimum atomic E-state index is -0.121. The third-order valence-electron chi connectivity index (χ3n) is 3.03. The lowest BCUT2D eigenvalue weighted by molar-refractivity contribution is 0.283. The summed E-state index contributed by atoms with van der Waals surface area (Å²) in [6, 6.07) is 9.75. The standard InChI is InChI=1S/C14H23N3O2/c15-14(17-19)13(12-7-3-1-4-8-12)11-16-9-5-2-6-10-18/h1,3-4,7-8,13,16,18-19H,2,5-6,9-11H2,(H2,15,17). The third kappa shape index (κ3) is 5.72. The predicted molar refractivity (Wildman–Crippen MR) is 76.4 cm³/mol. The molecule has 1 aromatic rings. The number of hydrogen-bond donors (Lipinski definition) is 4.